The van der Waals surface area contributed by atoms with E-state index in [0.29, 0.717) is 5.56 Å². The Bertz CT molecular complexity index is 590. The lowest BCUT2D eigenvalue weighted by atomic mass is 9.98. The summed E-state index contributed by atoms with van der Waals surface area (Å²) in [6.45, 7) is 0.505. The molecule has 0 bridgehead atoms. The Morgan fingerprint density at radius 3 is 2.74 bits per heavy atom. The van der Waals surface area contributed by atoms with Crippen LogP contribution in [0.5, 0.6) is 0 Å². The van der Waals surface area contributed by atoms with E-state index in [4.69, 9.17) is 5.11 Å². The van der Waals surface area contributed by atoms with E-state index in [9.17, 15) is 14.4 Å². The largest absolute Gasteiger partial charge is 0.481 e. The minimum atomic E-state index is -0.868. The van der Waals surface area contributed by atoms with Gasteiger partial charge in [0.05, 0.1) is 12.3 Å². The Balaban J connectivity index is 1.74. The number of carboxylic acid groups (broad SMARTS) is 1. The number of benzene rings is 1. The van der Waals surface area contributed by atoms with Gasteiger partial charge in [-0.1, -0.05) is 0 Å². The molecule has 0 atom stereocenters. The van der Waals surface area contributed by atoms with Crippen LogP contribution >= 0.6 is 0 Å². The van der Waals surface area contributed by atoms with Gasteiger partial charge in [0.1, 0.15) is 0 Å². The van der Waals surface area contributed by atoms with Crippen LogP contribution in [0.1, 0.15) is 15.9 Å². The van der Waals surface area contributed by atoms with Crippen LogP contribution in [0, 0.1) is 5.92 Å². The minimum absolute atomic E-state index is 0.0745. The van der Waals surface area contributed by atoms with Crippen molar-refractivity contribution in [2.24, 2.45) is 5.92 Å². The zero-order valence-electron chi connectivity index (χ0n) is 10.0. The first-order valence-electron chi connectivity index (χ1n) is 5.99. The maximum absolute atomic E-state index is 12.1. The monoisotopic (exact) mass is 260 g/mol. The quantitative estimate of drug-likeness (QED) is 0.802. The van der Waals surface area contributed by atoms with E-state index >= 15 is 0 Å². The van der Waals surface area contributed by atoms with E-state index in [1.807, 2.05) is 0 Å². The number of fused-ring (bicyclic) bond motifs is 1. The molecular formula is C13H12N2O4. The van der Waals surface area contributed by atoms with Crippen LogP contribution in [-0.2, 0) is 16.0 Å². The van der Waals surface area contributed by atoms with Crippen molar-refractivity contribution in [1.82, 2.24) is 4.90 Å². The van der Waals surface area contributed by atoms with Gasteiger partial charge in [-0.05, 0) is 23.8 Å². The number of aliphatic carboxylic acids is 1. The molecule has 6 heteroatoms. The van der Waals surface area contributed by atoms with E-state index in [0.717, 1.165) is 11.3 Å². The lowest BCUT2D eigenvalue weighted by Gasteiger charge is -2.36. The first-order valence-corrected chi connectivity index (χ1v) is 5.99. The Hall–Kier alpha value is -2.37. The molecule has 0 saturated carbocycles. The first-order chi connectivity index (χ1) is 9.04. The highest BCUT2D eigenvalue weighted by atomic mass is 16.4. The van der Waals surface area contributed by atoms with Gasteiger partial charge in [0, 0.05) is 24.3 Å². The molecular weight excluding hydrogens is 248 g/mol. The second-order valence-corrected chi connectivity index (χ2v) is 4.84. The number of amides is 2. The number of nitrogens with one attached hydrogen (secondary N) is 1. The van der Waals surface area contributed by atoms with Gasteiger partial charge in [0.15, 0.2) is 0 Å². The van der Waals surface area contributed by atoms with Crippen molar-refractivity contribution in [3.63, 3.8) is 0 Å². The van der Waals surface area contributed by atoms with Crippen LogP contribution in [0.2, 0.25) is 0 Å². The highest BCUT2D eigenvalue weighted by Crippen LogP contribution is 2.26. The van der Waals surface area contributed by atoms with Crippen molar-refractivity contribution in [3.05, 3.63) is 29.3 Å². The van der Waals surface area contributed by atoms with Crippen LogP contribution in [0.25, 0.3) is 0 Å². The molecule has 1 aromatic rings. The molecule has 0 aliphatic carbocycles. The van der Waals surface area contributed by atoms with Gasteiger partial charge in [-0.3, -0.25) is 14.4 Å². The Kier molecular flexibility index (Phi) is 2.51. The topological polar surface area (TPSA) is 86.7 Å². The third-order valence-electron chi connectivity index (χ3n) is 3.50. The standard InChI is InChI=1S/C13H12N2O4/c16-11-4-8-3-7(1-2-10(8)14-11)12(17)15-5-9(6-15)13(18)19/h1-3,9H,4-6H2,(H,14,16)(H,18,19). The lowest BCUT2D eigenvalue weighted by molar-refractivity contribution is -0.146. The third-order valence-corrected chi connectivity index (χ3v) is 3.50. The van der Waals surface area contributed by atoms with Crippen LogP contribution in [0.3, 0.4) is 0 Å². The molecule has 1 fully saturated rings. The van der Waals surface area contributed by atoms with Crippen molar-refractivity contribution in [2.75, 3.05) is 18.4 Å². The molecule has 2 aliphatic heterocycles. The Morgan fingerprint density at radius 1 is 1.32 bits per heavy atom. The lowest BCUT2D eigenvalue weighted by Crippen LogP contribution is -2.53. The van der Waals surface area contributed by atoms with Crippen LogP contribution in [0.4, 0.5) is 5.69 Å². The SMILES string of the molecule is O=C1Cc2cc(C(=O)N3CC(C(=O)O)C3)ccc2N1. The Morgan fingerprint density at radius 2 is 2.05 bits per heavy atom. The number of likely N-dealkylation sites (tertiary alicyclic amines) is 1. The summed E-state index contributed by atoms with van der Waals surface area (Å²) < 4.78 is 0. The number of anilines is 1. The van der Waals surface area contributed by atoms with E-state index < -0.39 is 11.9 Å². The fraction of sp³-hybridized carbons (Fsp3) is 0.308. The summed E-state index contributed by atoms with van der Waals surface area (Å²) in [4.78, 5) is 35.5. The van der Waals surface area contributed by atoms with Gasteiger partial charge in [-0.25, -0.2) is 0 Å². The van der Waals surface area contributed by atoms with Crippen LogP contribution < -0.4 is 5.32 Å². The maximum atomic E-state index is 12.1. The molecule has 19 heavy (non-hydrogen) atoms. The summed E-state index contributed by atoms with van der Waals surface area (Å²) in [5, 5.41) is 11.5. The number of carboxylic acids is 1. The van der Waals surface area contributed by atoms with E-state index in [1.54, 1.807) is 18.2 Å². The number of carbonyl (C=O) groups is 3. The Labute approximate surface area is 109 Å². The molecule has 0 unspecified atom stereocenters. The van der Waals surface area contributed by atoms with Crippen molar-refractivity contribution < 1.29 is 19.5 Å². The summed E-state index contributed by atoms with van der Waals surface area (Å²) in [5.74, 6) is -1.58. The van der Waals surface area contributed by atoms with E-state index in [1.165, 1.54) is 4.90 Å². The maximum Gasteiger partial charge on any atom is 0.310 e. The molecule has 2 N–H and O–H groups in total. The van der Waals surface area contributed by atoms with Crippen molar-refractivity contribution in [3.8, 4) is 0 Å². The number of carbonyl (C=O) groups excluding carboxylic acids is 2. The molecule has 98 valence electrons. The third kappa shape index (κ3) is 1.95. The smallest absolute Gasteiger partial charge is 0.310 e. The van der Waals surface area contributed by atoms with E-state index in [-0.39, 0.29) is 31.3 Å². The van der Waals surface area contributed by atoms with Crippen LogP contribution in [-0.4, -0.2) is 40.9 Å². The molecule has 2 aliphatic rings. The van der Waals surface area contributed by atoms with Gasteiger partial charge in [0.2, 0.25) is 5.91 Å². The van der Waals surface area contributed by atoms with Crippen molar-refractivity contribution >= 4 is 23.5 Å². The average molecular weight is 260 g/mol. The molecule has 6 nitrogen and oxygen atoms in total. The normalized spacial score (nSPS) is 17.7. The summed E-state index contributed by atoms with van der Waals surface area (Å²) >= 11 is 0. The minimum Gasteiger partial charge on any atom is -0.481 e. The zero-order chi connectivity index (χ0) is 13.6. The fourth-order valence-electron chi connectivity index (χ4n) is 2.35. The van der Waals surface area contributed by atoms with Gasteiger partial charge < -0.3 is 15.3 Å². The summed E-state index contributed by atoms with van der Waals surface area (Å²) in [6, 6.07) is 5.06. The highest BCUT2D eigenvalue weighted by Gasteiger charge is 2.36. The van der Waals surface area contributed by atoms with Gasteiger partial charge in [0.25, 0.3) is 5.91 Å². The summed E-state index contributed by atoms with van der Waals surface area (Å²) in [7, 11) is 0. The molecule has 0 radical (unpaired) electrons. The molecule has 1 aromatic carbocycles. The number of rotatable bonds is 2. The fourth-order valence-corrected chi connectivity index (χ4v) is 2.35. The molecule has 1 saturated heterocycles. The molecule has 0 spiro atoms. The van der Waals surface area contributed by atoms with Crippen molar-refractivity contribution in [2.45, 2.75) is 6.42 Å². The molecule has 2 heterocycles. The highest BCUT2D eigenvalue weighted by molar-refractivity contribution is 6.02. The molecule has 3 rings (SSSR count). The number of hydrogen-bond acceptors (Lipinski definition) is 3. The predicted octanol–water partition coefficient (Wildman–Crippen LogP) is 0.338. The van der Waals surface area contributed by atoms with Crippen LogP contribution in [0.15, 0.2) is 18.2 Å². The average Bonchev–Trinajstić information content (AvgIpc) is 2.65. The summed E-state index contributed by atoms with van der Waals surface area (Å²) in [6.07, 6.45) is 0.286. The van der Waals surface area contributed by atoms with E-state index in [2.05, 4.69) is 5.32 Å². The van der Waals surface area contributed by atoms with Gasteiger partial charge in [-0.2, -0.15) is 0 Å². The van der Waals surface area contributed by atoms with Crippen molar-refractivity contribution in [1.29, 1.82) is 0 Å². The zero-order valence-corrected chi connectivity index (χ0v) is 10.0. The predicted molar refractivity (Wildman–Crippen MR) is 65.8 cm³/mol. The molecule has 0 aromatic heterocycles. The second kappa shape index (κ2) is 4.08. The van der Waals surface area contributed by atoms with Gasteiger partial charge in [-0.15, -0.1) is 0 Å². The van der Waals surface area contributed by atoms with Gasteiger partial charge >= 0.3 is 5.97 Å². The molecule has 2 amide bonds. The number of nitrogens with zero attached hydrogens (tertiary/aromatic N) is 1. The second-order valence-electron chi connectivity index (χ2n) is 4.84. The number of hydrogen-bond donors (Lipinski definition) is 2. The first kappa shape index (κ1) is 11.7. The summed E-state index contributed by atoms with van der Waals surface area (Å²) in [5.41, 5.74) is 2.05.